The number of aromatic amines is 1. The van der Waals surface area contributed by atoms with E-state index in [2.05, 4.69) is 20.5 Å². The molecule has 1 aromatic heterocycles. The zero-order valence-electron chi connectivity index (χ0n) is 9.90. The quantitative estimate of drug-likeness (QED) is 0.701. The lowest BCUT2D eigenvalue weighted by Crippen LogP contribution is -2.05. The van der Waals surface area contributed by atoms with Gasteiger partial charge in [-0.15, -0.1) is 0 Å². The van der Waals surface area contributed by atoms with Gasteiger partial charge in [0.15, 0.2) is 11.6 Å². The molecule has 6 nitrogen and oxygen atoms in total. The number of benzene rings is 1. The first-order valence-corrected chi connectivity index (χ1v) is 5.50. The Hall–Kier alpha value is -2.31. The third-order valence-corrected chi connectivity index (χ3v) is 2.32. The summed E-state index contributed by atoms with van der Waals surface area (Å²) in [6, 6.07) is 2.76. The van der Waals surface area contributed by atoms with Crippen LogP contribution < -0.4 is 15.8 Å². The molecular formula is C11H14FN5O. The number of hydrogen-bond acceptors (Lipinski definition) is 5. The fourth-order valence-electron chi connectivity index (χ4n) is 1.48. The lowest BCUT2D eigenvalue weighted by Gasteiger charge is -2.11. The van der Waals surface area contributed by atoms with Crippen LogP contribution in [-0.4, -0.2) is 21.8 Å². The van der Waals surface area contributed by atoms with E-state index in [-0.39, 0.29) is 5.75 Å². The third-order valence-electron chi connectivity index (χ3n) is 2.32. The van der Waals surface area contributed by atoms with Crippen molar-refractivity contribution in [3.05, 3.63) is 30.1 Å². The second-order valence-corrected chi connectivity index (χ2v) is 3.59. The van der Waals surface area contributed by atoms with Crippen LogP contribution in [0.1, 0.15) is 12.7 Å². The lowest BCUT2D eigenvalue weighted by molar-refractivity contribution is 0.322. The topological polar surface area (TPSA) is 88.8 Å². The summed E-state index contributed by atoms with van der Waals surface area (Å²) in [5.41, 5.74) is 6.63. The summed E-state index contributed by atoms with van der Waals surface area (Å²) < 4.78 is 18.6. The molecule has 2 rings (SSSR count). The van der Waals surface area contributed by atoms with E-state index in [1.807, 2.05) is 0 Å². The zero-order chi connectivity index (χ0) is 13.0. The summed E-state index contributed by atoms with van der Waals surface area (Å²) in [6.45, 7) is 2.60. The number of aromatic nitrogens is 3. The number of halogens is 1. The maximum Gasteiger partial charge on any atom is 0.167 e. The van der Waals surface area contributed by atoms with Gasteiger partial charge in [0.2, 0.25) is 0 Å². The molecule has 0 atom stereocenters. The molecule has 0 radical (unpaired) electrons. The first-order valence-electron chi connectivity index (χ1n) is 5.50. The molecule has 1 aromatic carbocycles. The molecule has 96 valence electrons. The number of anilines is 2. The van der Waals surface area contributed by atoms with E-state index in [4.69, 9.17) is 10.5 Å². The van der Waals surface area contributed by atoms with Crippen LogP contribution in [0.3, 0.4) is 0 Å². The molecule has 0 unspecified atom stereocenters. The van der Waals surface area contributed by atoms with E-state index in [0.29, 0.717) is 30.4 Å². The highest BCUT2D eigenvalue weighted by atomic mass is 19.1. The van der Waals surface area contributed by atoms with Crippen molar-refractivity contribution in [3.63, 3.8) is 0 Å². The fourth-order valence-corrected chi connectivity index (χ4v) is 1.48. The predicted molar refractivity (Wildman–Crippen MR) is 65.7 cm³/mol. The average Bonchev–Trinajstić information content (AvgIpc) is 2.84. The molecule has 0 spiro atoms. The Kier molecular flexibility index (Phi) is 3.61. The lowest BCUT2D eigenvalue weighted by atomic mass is 10.2. The molecule has 0 aliphatic rings. The van der Waals surface area contributed by atoms with E-state index in [1.165, 1.54) is 18.5 Å². The second-order valence-electron chi connectivity index (χ2n) is 3.59. The van der Waals surface area contributed by atoms with Crippen molar-refractivity contribution in [2.75, 3.05) is 17.7 Å². The smallest absolute Gasteiger partial charge is 0.167 e. The molecule has 18 heavy (non-hydrogen) atoms. The molecule has 0 fully saturated rings. The van der Waals surface area contributed by atoms with Gasteiger partial charge in [-0.25, -0.2) is 9.37 Å². The molecular weight excluding hydrogens is 237 g/mol. The highest BCUT2D eigenvalue weighted by Gasteiger charge is 2.09. The Morgan fingerprint density at radius 2 is 2.33 bits per heavy atom. The molecule has 0 aliphatic carbocycles. The molecule has 1 heterocycles. The molecule has 0 bridgehead atoms. The minimum absolute atomic E-state index is 0.173. The Balaban J connectivity index is 2.13. The Bertz CT molecular complexity index is 514. The molecule has 0 saturated carbocycles. The van der Waals surface area contributed by atoms with Crippen LogP contribution in [0.4, 0.5) is 15.8 Å². The number of nitrogens with two attached hydrogens (primary N) is 1. The van der Waals surface area contributed by atoms with E-state index in [0.717, 1.165) is 0 Å². The number of nitrogens with one attached hydrogen (secondary N) is 2. The van der Waals surface area contributed by atoms with Crippen molar-refractivity contribution in [2.45, 2.75) is 13.5 Å². The Morgan fingerprint density at radius 1 is 1.50 bits per heavy atom. The Morgan fingerprint density at radius 3 is 3.00 bits per heavy atom. The second kappa shape index (κ2) is 5.35. The van der Waals surface area contributed by atoms with E-state index >= 15 is 0 Å². The molecule has 7 heteroatoms. The van der Waals surface area contributed by atoms with Gasteiger partial charge in [0, 0.05) is 12.1 Å². The third kappa shape index (κ3) is 2.68. The normalized spacial score (nSPS) is 10.3. The number of hydrogen-bond donors (Lipinski definition) is 3. The van der Waals surface area contributed by atoms with E-state index in [1.54, 1.807) is 6.92 Å². The number of nitrogen functional groups attached to an aromatic ring is 1. The van der Waals surface area contributed by atoms with Gasteiger partial charge in [-0.05, 0) is 6.92 Å². The molecule has 0 saturated heterocycles. The van der Waals surface area contributed by atoms with Crippen LogP contribution in [0, 0.1) is 5.82 Å². The van der Waals surface area contributed by atoms with Crippen LogP contribution in [0.5, 0.6) is 5.75 Å². The minimum atomic E-state index is -0.473. The summed E-state index contributed by atoms with van der Waals surface area (Å²) in [7, 11) is 0. The van der Waals surface area contributed by atoms with Crippen molar-refractivity contribution < 1.29 is 9.13 Å². The van der Waals surface area contributed by atoms with Crippen LogP contribution in [0.25, 0.3) is 0 Å². The van der Waals surface area contributed by atoms with E-state index < -0.39 is 5.82 Å². The first kappa shape index (κ1) is 12.2. The zero-order valence-corrected chi connectivity index (χ0v) is 9.90. The first-order chi connectivity index (χ1) is 8.70. The van der Waals surface area contributed by atoms with Gasteiger partial charge in [-0.2, -0.15) is 5.10 Å². The predicted octanol–water partition coefficient (Wildman–Crippen LogP) is 1.54. The highest BCUT2D eigenvalue weighted by molar-refractivity contribution is 5.68. The van der Waals surface area contributed by atoms with Crippen molar-refractivity contribution in [1.29, 1.82) is 0 Å². The number of rotatable bonds is 5. The number of H-pyrrole nitrogens is 1. The maximum absolute atomic E-state index is 13.5. The van der Waals surface area contributed by atoms with Gasteiger partial charge >= 0.3 is 0 Å². The molecule has 2 aromatic rings. The van der Waals surface area contributed by atoms with E-state index in [9.17, 15) is 4.39 Å². The van der Waals surface area contributed by atoms with Gasteiger partial charge in [-0.3, -0.25) is 5.10 Å². The average molecular weight is 251 g/mol. The standard InChI is InChI=1S/C11H14FN5O/c1-2-18-10-4-9(8(13)3-7(10)12)14-5-11-15-6-16-17-11/h3-4,6,14H,2,5,13H2,1H3,(H,15,16,17). The SMILES string of the molecule is CCOc1cc(NCc2ncn[nH]2)c(N)cc1F. The van der Waals surface area contributed by atoms with Crippen LogP contribution in [0.2, 0.25) is 0 Å². The van der Waals surface area contributed by atoms with Crippen molar-refractivity contribution >= 4 is 11.4 Å². The van der Waals surface area contributed by atoms with Crippen molar-refractivity contribution in [1.82, 2.24) is 15.2 Å². The summed E-state index contributed by atoms with van der Waals surface area (Å²) in [6.07, 6.45) is 1.41. The van der Waals surface area contributed by atoms with Crippen LogP contribution in [-0.2, 0) is 6.54 Å². The van der Waals surface area contributed by atoms with Crippen molar-refractivity contribution in [3.8, 4) is 5.75 Å². The fraction of sp³-hybridized carbons (Fsp3) is 0.273. The summed E-state index contributed by atoms with van der Waals surface area (Å²) in [4.78, 5) is 3.96. The summed E-state index contributed by atoms with van der Waals surface area (Å²) in [5, 5.41) is 9.47. The van der Waals surface area contributed by atoms with Crippen LogP contribution in [0.15, 0.2) is 18.5 Å². The van der Waals surface area contributed by atoms with Gasteiger partial charge in [0.1, 0.15) is 12.2 Å². The largest absolute Gasteiger partial charge is 0.491 e. The number of ether oxygens (including phenoxy) is 1. The highest BCUT2D eigenvalue weighted by Crippen LogP contribution is 2.28. The minimum Gasteiger partial charge on any atom is -0.491 e. The maximum atomic E-state index is 13.5. The van der Waals surface area contributed by atoms with Gasteiger partial charge in [0.25, 0.3) is 0 Å². The Labute approximate surface area is 103 Å². The van der Waals surface area contributed by atoms with Crippen molar-refractivity contribution in [2.24, 2.45) is 0 Å². The van der Waals surface area contributed by atoms with Gasteiger partial charge < -0.3 is 15.8 Å². The summed E-state index contributed by atoms with van der Waals surface area (Å²) in [5.74, 6) is 0.364. The molecule has 4 N–H and O–H groups in total. The summed E-state index contributed by atoms with van der Waals surface area (Å²) >= 11 is 0. The monoisotopic (exact) mass is 251 g/mol. The molecule has 0 aliphatic heterocycles. The van der Waals surface area contributed by atoms with Crippen LogP contribution >= 0.6 is 0 Å². The number of nitrogens with zero attached hydrogens (tertiary/aromatic N) is 2. The van der Waals surface area contributed by atoms with Gasteiger partial charge in [-0.1, -0.05) is 0 Å². The van der Waals surface area contributed by atoms with Gasteiger partial charge in [0.05, 0.1) is 24.5 Å². The molecule has 0 amide bonds.